The van der Waals surface area contributed by atoms with Crippen LogP contribution in [-0.2, 0) is 9.59 Å². The molecule has 24 heavy (non-hydrogen) atoms. The van der Waals surface area contributed by atoms with Crippen molar-refractivity contribution >= 4 is 46.4 Å². The van der Waals surface area contributed by atoms with E-state index >= 15 is 0 Å². The lowest BCUT2D eigenvalue weighted by Gasteiger charge is -2.21. The number of benzene rings is 2. The van der Waals surface area contributed by atoms with Crippen molar-refractivity contribution in [3.05, 3.63) is 58.1 Å². The summed E-state index contributed by atoms with van der Waals surface area (Å²) in [6, 6.07) is 7.59. The standard InChI is InChI=1S/C16H12Cl2F2N2O2/c1-9(23)22(16-12(19)3-2-4-13(16)20)8-15(24)21-14-6-5-10(17)7-11(14)18/h2-7H,8H2,1H3,(H,21,24). The number of nitrogens with one attached hydrogen (secondary N) is 1. The highest BCUT2D eigenvalue weighted by atomic mass is 35.5. The Morgan fingerprint density at radius 2 is 1.75 bits per heavy atom. The fraction of sp³-hybridized carbons (Fsp3) is 0.125. The highest BCUT2D eigenvalue weighted by Gasteiger charge is 2.23. The van der Waals surface area contributed by atoms with Gasteiger partial charge in [-0.2, -0.15) is 0 Å². The average Bonchev–Trinajstić information content (AvgIpc) is 2.48. The highest BCUT2D eigenvalue weighted by Crippen LogP contribution is 2.26. The maximum absolute atomic E-state index is 13.8. The molecule has 0 spiro atoms. The number of hydrogen-bond acceptors (Lipinski definition) is 2. The Bertz CT molecular complexity index is 779. The van der Waals surface area contributed by atoms with Crippen molar-refractivity contribution in [3.63, 3.8) is 0 Å². The monoisotopic (exact) mass is 372 g/mol. The molecule has 0 radical (unpaired) electrons. The van der Waals surface area contributed by atoms with E-state index in [-0.39, 0.29) is 10.7 Å². The van der Waals surface area contributed by atoms with Crippen molar-refractivity contribution in [1.82, 2.24) is 0 Å². The number of amides is 2. The van der Waals surface area contributed by atoms with E-state index in [4.69, 9.17) is 23.2 Å². The Kier molecular flexibility index (Phi) is 5.75. The number of para-hydroxylation sites is 1. The Hall–Kier alpha value is -2.18. The van der Waals surface area contributed by atoms with Crippen molar-refractivity contribution in [2.24, 2.45) is 0 Å². The molecule has 0 heterocycles. The van der Waals surface area contributed by atoms with Gasteiger partial charge in [-0.25, -0.2) is 8.78 Å². The lowest BCUT2D eigenvalue weighted by Crippen LogP contribution is -2.37. The van der Waals surface area contributed by atoms with Crippen LogP contribution in [0, 0.1) is 11.6 Å². The zero-order valence-electron chi connectivity index (χ0n) is 12.4. The lowest BCUT2D eigenvalue weighted by atomic mass is 10.2. The fourth-order valence-corrected chi connectivity index (χ4v) is 2.47. The van der Waals surface area contributed by atoms with Gasteiger partial charge in [0.1, 0.15) is 23.9 Å². The maximum Gasteiger partial charge on any atom is 0.244 e. The van der Waals surface area contributed by atoms with Crippen LogP contribution in [0.5, 0.6) is 0 Å². The SMILES string of the molecule is CC(=O)N(CC(=O)Nc1ccc(Cl)cc1Cl)c1c(F)cccc1F. The van der Waals surface area contributed by atoms with Crippen LogP contribution in [0.25, 0.3) is 0 Å². The first-order valence-corrected chi connectivity index (χ1v) is 7.52. The Morgan fingerprint density at radius 1 is 1.12 bits per heavy atom. The molecule has 2 amide bonds. The molecular formula is C16H12Cl2F2N2O2. The van der Waals surface area contributed by atoms with Gasteiger partial charge in [0.05, 0.1) is 10.7 Å². The fourth-order valence-electron chi connectivity index (χ4n) is 2.02. The van der Waals surface area contributed by atoms with E-state index in [0.717, 1.165) is 19.1 Å². The number of carbonyl (C=O) groups is 2. The smallest absolute Gasteiger partial charge is 0.244 e. The molecule has 126 valence electrons. The van der Waals surface area contributed by atoms with Crippen LogP contribution in [0.2, 0.25) is 10.0 Å². The van der Waals surface area contributed by atoms with Gasteiger partial charge in [-0.1, -0.05) is 29.3 Å². The maximum atomic E-state index is 13.8. The Balaban J connectivity index is 2.22. The van der Waals surface area contributed by atoms with Crippen LogP contribution in [0.1, 0.15) is 6.92 Å². The molecule has 0 aromatic heterocycles. The third-order valence-corrected chi connectivity index (χ3v) is 3.64. The summed E-state index contributed by atoms with van der Waals surface area (Å²) < 4.78 is 27.7. The normalized spacial score (nSPS) is 10.4. The second-order valence-corrected chi connectivity index (χ2v) is 5.69. The van der Waals surface area contributed by atoms with Crippen LogP contribution >= 0.6 is 23.2 Å². The summed E-state index contributed by atoms with van der Waals surface area (Å²) in [4.78, 5) is 24.5. The van der Waals surface area contributed by atoms with Crippen molar-refractivity contribution in [3.8, 4) is 0 Å². The van der Waals surface area contributed by atoms with E-state index in [2.05, 4.69) is 5.32 Å². The Morgan fingerprint density at radius 3 is 2.29 bits per heavy atom. The number of carbonyl (C=O) groups excluding carboxylic acids is 2. The van der Waals surface area contributed by atoms with Crippen molar-refractivity contribution in [1.29, 1.82) is 0 Å². The second kappa shape index (κ2) is 7.59. The summed E-state index contributed by atoms with van der Waals surface area (Å²) in [6.07, 6.45) is 0. The third-order valence-electron chi connectivity index (χ3n) is 3.09. The molecule has 0 atom stereocenters. The molecule has 0 aliphatic rings. The van der Waals surface area contributed by atoms with Gasteiger partial charge in [0.15, 0.2) is 0 Å². The zero-order chi connectivity index (χ0) is 17.9. The zero-order valence-corrected chi connectivity index (χ0v) is 14.0. The summed E-state index contributed by atoms with van der Waals surface area (Å²) >= 11 is 11.7. The first kappa shape index (κ1) is 18.2. The van der Waals surface area contributed by atoms with E-state index < -0.39 is 35.7 Å². The van der Waals surface area contributed by atoms with Crippen LogP contribution < -0.4 is 10.2 Å². The molecule has 2 rings (SSSR count). The molecule has 0 aliphatic carbocycles. The van der Waals surface area contributed by atoms with Gasteiger partial charge < -0.3 is 5.32 Å². The molecule has 0 saturated heterocycles. The van der Waals surface area contributed by atoms with Crippen LogP contribution in [-0.4, -0.2) is 18.4 Å². The first-order valence-electron chi connectivity index (χ1n) is 6.76. The molecule has 0 unspecified atom stereocenters. The molecule has 2 aromatic rings. The second-order valence-electron chi connectivity index (χ2n) is 4.85. The molecule has 0 fully saturated rings. The quantitative estimate of drug-likeness (QED) is 0.871. The number of halogens is 4. The predicted molar refractivity (Wildman–Crippen MR) is 89.5 cm³/mol. The summed E-state index contributed by atoms with van der Waals surface area (Å²) in [6.45, 7) is 0.528. The largest absolute Gasteiger partial charge is 0.323 e. The molecular weight excluding hydrogens is 361 g/mol. The first-order chi connectivity index (χ1) is 11.3. The summed E-state index contributed by atoms with van der Waals surface area (Å²) in [5.41, 5.74) is -0.314. The predicted octanol–water partition coefficient (Wildman–Crippen LogP) is 4.26. The minimum Gasteiger partial charge on any atom is -0.323 e. The molecule has 0 aliphatic heterocycles. The van der Waals surface area contributed by atoms with Gasteiger partial charge in [0, 0.05) is 11.9 Å². The van der Waals surface area contributed by atoms with E-state index in [1.807, 2.05) is 0 Å². The van der Waals surface area contributed by atoms with E-state index in [9.17, 15) is 18.4 Å². The van der Waals surface area contributed by atoms with Gasteiger partial charge in [-0.3, -0.25) is 14.5 Å². The van der Waals surface area contributed by atoms with Crippen LogP contribution in [0.3, 0.4) is 0 Å². The minimum absolute atomic E-state index is 0.197. The van der Waals surface area contributed by atoms with Gasteiger partial charge in [0.2, 0.25) is 11.8 Å². The van der Waals surface area contributed by atoms with E-state index in [1.54, 1.807) is 0 Å². The number of anilines is 2. The van der Waals surface area contributed by atoms with Crippen molar-refractivity contribution in [2.45, 2.75) is 6.92 Å². The van der Waals surface area contributed by atoms with Crippen LogP contribution in [0.4, 0.5) is 20.2 Å². The third kappa shape index (κ3) is 4.21. The minimum atomic E-state index is -0.942. The molecule has 0 bridgehead atoms. The summed E-state index contributed by atoms with van der Waals surface area (Å²) in [5.74, 6) is -3.24. The van der Waals surface area contributed by atoms with Crippen molar-refractivity contribution < 1.29 is 18.4 Å². The van der Waals surface area contributed by atoms with Gasteiger partial charge in [-0.15, -0.1) is 0 Å². The van der Waals surface area contributed by atoms with E-state index in [1.165, 1.54) is 24.3 Å². The molecule has 8 heteroatoms. The Labute approximate surface area is 147 Å². The van der Waals surface area contributed by atoms with Crippen LogP contribution in [0.15, 0.2) is 36.4 Å². The summed E-state index contributed by atoms with van der Waals surface area (Å²) in [7, 11) is 0. The van der Waals surface area contributed by atoms with Gasteiger partial charge in [0.25, 0.3) is 0 Å². The summed E-state index contributed by atoms with van der Waals surface area (Å²) in [5, 5.41) is 3.05. The lowest BCUT2D eigenvalue weighted by molar-refractivity contribution is -0.120. The molecule has 2 aromatic carbocycles. The van der Waals surface area contributed by atoms with E-state index in [0.29, 0.717) is 9.92 Å². The topological polar surface area (TPSA) is 49.4 Å². The number of nitrogens with zero attached hydrogens (tertiary/aromatic N) is 1. The average molecular weight is 373 g/mol. The molecule has 4 nitrogen and oxygen atoms in total. The number of rotatable bonds is 4. The highest BCUT2D eigenvalue weighted by molar-refractivity contribution is 6.36. The van der Waals surface area contributed by atoms with Gasteiger partial charge >= 0.3 is 0 Å². The van der Waals surface area contributed by atoms with Crippen molar-refractivity contribution in [2.75, 3.05) is 16.8 Å². The molecule has 1 N–H and O–H groups in total. The van der Waals surface area contributed by atoms with Gasteiger partial charge in [-0.05, 0) is 30.3 Å². The molecule has 0 saturated carbocycles. The number of hydrogen-bond donors (Lipinski definition) is 1.